The number of rotatable bonds is 3. The molecule has 3 nitrogen and oxygen atoms in total. The van der Waals surface area contributed by atoms with Crippen molar-refractivity contribution in [3.8, 4) is 11.3 Å². The van der Waals surface area contributed by atoms with Crippen molar-refractivity contribution in [1.82, 2.24) is 15.3 Å². The van der Waals surface area contributed by atoms with Crippen LogP contribution in [0.15, 0.2) is 16.7 Å². The Hall–Kier alpha value is -1.13. The summed E-state index contributed by atoms with van der Waals surface area (Å²) in [5.41, 5.74) is 6.11. The normalized spacial score (nSPS) is 10.9. The maximum Gasteiger partial charge on any atom is 0.121 e. The summed E-state index contributed by atoms with van der Waals surface area (Å²) in [5, 5.41) is 3.10. The lowest BCUT2D eigenvalue weighted by molar-refractivity contribution is 0.771. The van der Waals surface area contributed by atoms with E-state index in [9.17, 15) is 0 Å². The summed E-state index contributed by atoms with van der Waals surface area (Å²) < 4.78 is 0.944. The third-order valence-corrected chi connectivity index (χ3v) is 3.94. The number of nitrogens with zero attached hydrogens (tertiary/aromatic N) is 1. The minimum Gasteiger partial charge on any atom is -0.335 e. The SMILES string of the molecule is CNCc1nc(-c2ccc(C)c(C)c2C)c(Br)[nH]1. The average molecular weight is 308 g/mol. The van der Waals surface area contributed by atoms with Crippen LogP contribution in [0.4, 0.5) is 0 Å². The van der Waals surface area contributed by atoms with Gasteiger partial charge in [0.05, 0.1) is 6.54 Å². The minimum absolute atomic E-state index is 0.739. The summed E-state index contributed by atoms with van der Waals surface area (Å²) in [6.07, 6.45) is 0. The highest BCUT2D eigenvalue weighted by atomic mass is 79.9. The molecule has 1 aromatic heterocycles. The molecule has 0 unspecified atom stereocenters. The predicted molar refractivity (Wildman–Crippen MR) is 78.7 cm³/mol. The van der Waals surface area contributed by atoms with Crippen molar-refractivity contribution in [1.29, 1.82) is 0 Å². The van der Waals surface area contributed by atoms with Crippen molar-refractivity contribution in [2.75, 3.05) is 7.05 Å². The molecule has 1 heterocycles. The van der Waals surface area contributed by atoms with Crippen molar-refractivity contribution in [2.45, 2.75) is 27.3 Å². The molecule has 18 heavy (non-hydrogen) atoms. The van der Waals surface area contributed by atoms with Crippen LogP contribution in [0.3, 0.4) is 0 Å². The van der Waals surface area contributed by atoms with Gasteiger partial charge >= 0.3 is 0 Å². The van der Waals surface area contributed by atoms with Crippen molar-refractivity contribution in [3.05, 3.63) is 39.3 Å². The van der Waals surface area contributed by atoms with E-state index in [2.05, 4.69) is 64.1 Å². The summed E-state index contributed by atoms with van der Waals surface area (Å²) in [5.74, 6) is 0.942. The molecule has 1 aromatic carbocycles. The summed E-state index contributed by atoms with van der Waals surface area (Å²) in [4.78, 5) is 7.88. The Morgan fingerprint density at radius 2 is 1.94 bits per heavy atom. The molecule has 0 atom stereocenters. The van der Waals surface area contributed by atoms with Crippen molar-refractivity contribution >= 4 is 15.9 Å². The first kappa shape index (κ1) is 13.3. The zero-order valence-corrected chi connectivity index (χ0v) is 12.8. The van der Waals surface area contributed by atoms with Gasteiger partial charge in [-0.2, -0.15) is 0 Å². The van der Waals surface area contributed by atoms with E-state index in [0.717, 1.165) is 22.7 Å². The standard InChI is InChI=1S/C14H18BrN3/c1-8-5-6-11(10(3)9(8)2)13-14(15)18-12(17-13)7-16-4/h5-6,16H,7H2,1-4H3,(H,17,18). The smallest absolute Gasteiger partial charge is 0.121 e. The molecular weight excluding hydrogens is 290 g/mol. The minimum atomic E-state index is 0.739. The highest BCUT2D eigenvalue weighted by Crippen LogP contribution is 2.31. The Morgan fingerprint density at radius 1 is 1.22 bits per heavy atom. The molecule has 0 aliphatic rings. The fourth-order valence-corrected chi connectivity index (χ4v) is 2.57. The van der Waals surface area contributed by atoms with Crippen molar-refractivity contribution in [3.63, 3.8) is 0 Å². The van der Waals surface area contributed by atoms with E-state index < -0.39 is 0 Å². The molecule has 0 fully saturated rings. The number of nitrogens with one attached hydrogen (secondary N) is 2. The number of H-pyrrole nitrogens is 1. The molecule has 2 aromatic rings. The van der Waals surface area contributed by atoms with Gasteiger partial charge in [0.1, 0.15) is 16.1 Å². The van der Waals surface area contributed by atoms with Gasteiger partial charge in [-0.3, -0.25) is 0 Å². The molecule has 0 amide bonds. The van der Waals surface area contributed by atoms with Crippen LogP contribution in [0.1, 0.15) is 22.5 Å². The predicted octanol–water partition coefficient (Wildman–Crippen LogP) is 3.48. The van der Waals surface area contributed by atoms with Crippen molar-refractivity contribution < 1.29 is 0 Å². The zero-order valence-electron chi connectivity index (χ0n) is 11.2. The van der Waals surface area contributed by atoms with E-state index in [4.69, 9.17) is 0 Å². The molecule has 0 aliphatic carbocycles. The molecule has 2 N–H and O–H groups in total. The number of imidazole rings is 1. The lowest BCUT2D eigenvalue weighted by Gasteiger charge is -2.09. The quantitative estimate of drug-likeness (QED) is 0.911. The van der Waals surface area contributed by atoms with Crippen LogP contribution in [0.5, 0.6) is 0 Å². The van der Waals surface area contributed by atoms with Crippen molar-refractivity contribution in [2.24, 2.45) is 0 Å². The third-order valence-electron chi connectivity index (χ3n) is 3.37. The van der Waals surface area contributed by atoms with Gasteiger partial charge in [-0.1, -0.05) is 12.1 Å². The average Bonchev–Trinajstić information content (AvgIpc) is 2.68. The largest absolute Gasteiger partial charge is 0.335 e. The van der Waals surface area contributed by atoms with Crippen LogP contribution in [0.2, 0.25) is 0 Å². The van der Waals surface area contributed by atoms with Gasteiger partial charge in [-0.15, -0.1) is 0 Å². The maximum atomic E-state index is 4.64. The molecule has 0 saturated heterocycles. The first-order chi connectivity index (χ1) is 8.54. The molecule has 0 aliphatic heterocycles. The zero-order chi connectivity index (χ0) is 13.3. The highest BCUT2D eigenvalue weighted by molar-refractivity contribution is 9.10. The Morgan fingerprint density at radius 3 is 2.61 bits per heavy atom. The van der Waals surface area contributed by atoms with Gasteiger partial charge < -0.3 is 10.3 Å². The molecule has 4 heteroatoms. The molecule has 0 spiro atoms. The third kappa shape index (κ3) is 2.35. The van der Waals surface area contributed by atoms with Gasteiger partial charge in [-0.25, -0.2) is 4.98 Å². The number of aryl methyl sites for hydroxylation is 1. The Bertz CT molecular complexity index is 573. The second-order valence-corrected chi connectivity index (χ2v) is 5.35. The van der Waals surface area contributed by atoms with E-state index >= 15 is 0 Å². The summed E-state index contributed by atoms with van der Waals surface area (Å²) >= 11 is 3.56. The van der Waals surface area contributed by atoms with Crippen LogP contribution in [-0.4, -0.2) is 17.0 Å². The number of halogens is 1. The van der Waals surface area contributed by atoms with E-state index in [1.54, 1.807) is 0 Å². The molecule has 0 radical (unpaired) electrons. The molecule has 2 rings (SSSR count). The van der Waals surface area contributed by atoms with Crippen LogP contribution >= 0.6 is 15.9 Å². The van der Waals surface area contributed by atoms with Gasteiger partial charge in [0.15, 0.2) is 0 Å². The Kier molecular flexibility index (Phi) is 3.88. The van der Waals surface area contributed by atoms with Gasteiger partial charge in [0.25, 0.3) is 0 Å². The maximum absolute atomic E-state index is 4.64. The van der Waals surface area contributed by atoms with Crippen LogP contribution in [0.25, 0.3) is 11.3 Å². The van der Waals surface area contributed by atoms with E-state index in [0.29, 0.717) is 0 Å². The van der Waals surface area contributed by atoms with E-state index in [1.807, 2.05) is 7.05 Å². The van der Waals surface area contributed by atoms with Gasteiger partial charge in [0, 0.05) is 5.56 Å². The van der Waals surface area contributed by atoms with Crippen LogP contribution in [-0.2, 0) is 6.54 Å². The molecule has 0 saturated carbocycles. The molecule has 0 bridgehead atoms. The first-order valence-corrected chi connectivity index (χ1v) is 6.80. The molecule has 96 valence electrons. The number of hydrogen-bond donors (Lipinski definition) is 2. The van der Waals surface area contributed by atoms with Crippen LogP contribution in [0, 0.1) is 20.8 Å². The van der Waals surface area contributed by atoms with Gasteiger partial charge in [0.2, 0.25) is 0 Å². The second kappa shape index (κ2) is 5.24. The number of aromatic amines is 1. The molecular formula is C14H18BrN3. The second-order valence-electron chi connectivity index (χ2n) is 4.56. The summed E-state index contributed by atoms with van der Waals surface area (Å²) in [6.45, 7) is 7.18. The van der Waals surface area contributed by atoms with E-state index in [1.165, 1.54) is 22.3 Å². The highest BCUT2D eigenvalue weighted by Gasteiger charge is 2.13. The Labute approximate surface area is 116 Å². The Balaban J connectivity index is 2.52. The monoisotopic (exact) mass is 307 g/mol. The lowest BCUT2D eigenvalue weighted by atomic mass is 9.97. The first-order valence-electron chi connectivity index (χ1n) is 6.00. The topological polar surface area (TPSA) is 40.7 Å². The number of aromatic nitrogens is 2. The lowest BCUT2D eigenvalue weighted by Crippen LogP contribution is -2.06. The number of hydrogen-bond acceptors (Lipinski definition) is 2. The van der Waals surface area contributed by atoms with Crippen LogP contribution < -0.4 is 5.32 Å². The van der Waals surface area contributed by atoms with Gasteiger partial charge in [-0.05, 0) is 60.4 Å². The van der Waals surface area contributed by atoms with E-state index in [-0.39, 0.29) is 0 Å². The fraction of sp³-hybridized carbons (Fsp3) is 0.357. The number of benzene rings is 1. The fourth-order valence-electron chi connectivity index (χ4n) is 2.04. The summed E-state index contributed by atoms with van der Waals surface area (Å²) in [7, 11) is 1.91. The summed E-state index contributed by atoms with van der Waals surface area (Å²) in [6, 6.07) is 4.29.